The summed E-state index contributed by atoms with van der Waals surface area (Å²) in [7, 11) is 1.66. The highest BCUT2D eigenvalue weighted by molar-refractivity contribution is 5.94. The molecule has 0 unspecified atom stereocenters. The molecule has 1 saturated heterocycles. The van der Waals surface area contributed by atoms with E-state index in [2.05, 4.69) is 18.9 Å². The zero-order chi connectivity index (χ0) is 22.3. The van der Waals surface area contributed by atoms with Crippen LogP contribution >= 0.6 is 0 Å². The Morgan fingerprint density at radius 3 is 2.71 bits per heavy atom. The van der Waals surface area contributed by atoms with Gasteiger partial charge in [-0.1, -0.05) is 0 Å². The second-order valence-corrected chi connectivity index (χ2v) is 8.95. The smallest absolute Gasteiger partial charge is 0.193 e. The van der Waals surface area contributed by atoms with Crippen molar-refractivity contribution in [1.29, 1.82) is 0 Å². The summed E-state index contributed by atoms with van der Waals surface area (Å²) in [6, 6.07) is 5.57. The van der Waals surface area contributed by atoms with Crippen molar-refractivity contribution in [3.05, 3.63) is 51.3 Å². The topological polar surface area (TPSA) is 81.0 Å². The summed E-state index contributed by atoms with van der Waals surface area (Å²) in [5.41, 5.74) is 3.15. The van der Waals surface area contributed by atoms with Crippen LogP contribution in [0.25, 0.3) is 11.3 Å². The van der Waals surface area contributed by atoms with Crippen molar-refractivity contribution >= 4 is 5.78 Å². The van der Waals surface area contributed by atoms with E-state index in [0.29, 0.717) is 24.5 Å². The van der Waals surface area contributed by atoms with Gasteiger partial charge in [0, 0.05) is 43.5 Å². The van der Waals surface area contributed by atoms with E-state index in [4.69, 9.17) is 9.47 Å². The summed E-state index contributed by atoms with van der Waals surface area (Å²) in [5, 5.41) is 12.3. The van der Waals surface area contributed by atoms with Gasteiger partial charge >= 0.3 is 0 Å². The van der Waals surface area contributed by atoms with Crippen molar-refractivity contribution in [2.24, 2.45) is 0 Å². The molecule has 4 rings (SSSR count). The molecule has 1 aromatic heterocycles. The standard InChI is InChI=1S/C24H30N2O5/c1-15(28)19-13-25-21(12-22(19)29)17-10-16(14-27)23(31-9-5-8-30-4)11-18(17)20-6-7-24(2,3)26(20)25/h10-13,20,27H,5-9,14H2,1-4H3/t20-/m1/s1. The normalized spacial score (nSPS) is 18.4. The summed E-state index contributed by atoms with van der Waals surface area (Å²) in [6.45, 7) is 6.72. The van der Waals surface area contributed by atoms with Crippen LogP contribution in [0.2, 0.25) is 0 Å². The first-order valence-electron chi connectivity index (χ1n) is 10.8. The Morgan fingerprint density at radius 1 is 1.26 bits per heavy atom. The number of aromatic nitrogens is 1. The lowest BCUT2D eigenvalue weighted by molar-refractivity contribution is 0.101. The minimum absolute atomic E-state index is 0.0916. The molecule has 166 valence electrons. The van der Waals surface area contributed by atoms with Gasteiger partial charge in [0.2, 0.25) is 0 Å². The average Bonchev–Trinajstić information content (AvgIpc) is 3.05. The molecule has 0 bridgehead atoms. The van der Waals surface area contributed by atoms with Crippen molar-refractivity contribution < 1.29 is 19.4 Å². The molecule has 2 aliphatic rings. The predicted molar refractivity (Wildman–Crippen MR) is 118 cm³/mol. The van der Waals surface area contributed by atoms with E-state index in [0.717, 1.165) is 36.1 Å². The van der Waals surface area contributed by atoms with Gasteiger partial charge in [-0.3, -0.25) is 19.3 Å². The largest absolute Gasteiger partial charge is 0.493 e. The van der Waals surface area contributed by atoms with Gasteiger partial charge in [0.1, 0.15) is 5.75 Å². The third kappa shape index (κ3) is 3.66. The average molecular weight is 427 g/mol. The number of fused-ring (bicyclic) bond motifs is 6. The number of benzene rings is 1. The van der Waals surface area contributed by atoms with Crippen LogP contribution in [0.4, 0.5) is 0 Å². The summed E-state index contributed by atoms with van der Waals surface area (Å²) >= 11 is 0. The van der Waals surface area contributed by atoms with E-state index >= 15 is 0 Å². The molecule has 31 heavy (non-hydrogen) atoms. The lowest BCUT2D eigenvalue weighted by Gasteiger charge is -2.44. The molecule has 0 saturated carbocycles. The summed E-state index contributed by atoms with van der Waals surface area (Å²) in [4.78, 5) is 24.7. The Balaban J connectivity index is 1.88. The van der Waals surface area contributed by atoms with E-state index in [1.165, 1.54) is 6.92 Å². The Bertz CT molecular complexity index is 1070. The number of carbonyl (C=O) groups is 1. The molecule has 1 fully saturated rings. The van der Waals surface area contributed by atoms with Gasteiger partial charge in [-0.2, -0.15) is 0 Å². The number of methoxy groups -OCH3 is 1. The molecule has 2 aliphatic heterocycles. The minimum Gasteiger partial charge on any atom is -0.493 e. The maximum Gasteiger partial charge on any atom is 0.193 e. The number of pyridine rings is 1. The monoisotopic (exact) mass is 426 g/mol. The fourth-order valence-corrected chi connectivity index (χ4v) is 4.83. The molecular weight excluding hydrogens is 396 g/mol. The minimum atomic E-state index is -0.286. The second kappa shape index (κ2) is 8.13. The summed E-state index contributed by atoms with van der Waals surface area (Å²) in [6.07, 6.45) is 4.36. The van der Waals surface area contributed by atoms with E-state index < -0.39 is 0 Å². The lowest BCUT2D eigenvalue weighted by Crippen LogP contribution is -2.50. The first kappa shape index (κ1) is 21.6. The summed E-state index contributed by atoms with van der Waals surface area (Å²) in [5.74, 6) is 0.425. The number of ketones is 1. The van der Waals surface area contributed by atoms with Crippen molar-refractivity contribution in [2.45, 2.75) is 58.2 Å². The number of rotatable bonds is 7. The van der Waals surface area contributed by atoms with Gasteiger partial charge in [-0.25, -0.2) is 0 Å². The number of aliphatic hydroxyl groups excluding tert-OH is 1. The number of hydrogen-bond donors (Lipinski definition) is 1. The van der Waals surface area contributed by atoms with E-state index in [1.807, 2.05) is 16.8 Å². The Hall–Kier alpha value is -2.64. The number of Topliss-reactive ketones (excluding diaryl/α,β-unsaturated/α-hetero) is 1. The van der Waals surface area contributed by atoms with Crippen LogP contribution in [0.5, 0.6) is 5.75 Å². The first-order valence-corrected chi connectivity index (χ1v) is 10.8. The van der Waals surface area contributed by atoms with E-state index in [1.54, 1.807) is 19.4 Å². The van der Waals surface area contributed by atoms with E-state index in [9.17, 15) is 14.7 Å². The van der Waals surface area contributed by atoms with Crippen LogP contribution in [0, 0.1) is 0 Å². The van der Waals surface area contributed by atoms with Gasteiger partial charge in [-0.05, 0) is 51.3 Å². The number of carbonyl (C=O) groups excluding carboxylic acids is 1. The van der Waals surface area contributed by atoms with Gasteiger partial charge in [-0.15, -0.1) is 0 Å². The highest BCUT2D eigenvalue weighted by atomic mass is 16.5. The van der Waals surface area contributed by atoms with Gasteiger partial charge < -0.3 is 14.6 Å². The Labute approximate surface area is 182 Å². The molecule has 1 atom stereocenters. The highest BCUT2D eigenvalue weighted by Crippen LogP contribution is 2.49. The third-order valence-corrected chi connectivity index (χ3v) is 6.38. The fraction of sp³-hybridized carbons (Fsp3) is 0.500. The molecule has 1 N–H and O–H groups in total. The predicted octanol–water partition coefficient (Wildman–Crippen LogP) is 3.19. The quantitative estimate of drug-likeness (QED) is 0.541. The highest BCUT2D eigenvalue weighted by Gasteiger charge is 2.45. The second-order valence-electron chi connectivity index (χ2n) is 8.95. The molecule has 0 aliphatic carbocycles. The van der Waals surface area contributed by atoms with E-state index in [-0.39, 0.29) is 35.0 Å². The van der Waals surface area contributed by atoms with Crippen LogP contribution in [-0.2, 0) is 11.3 Å². The molecule has 1 aromatic carbocycles. The number of aliphatic hydroxyl groups is 1. The molecule has 7 nitrogen and oxygen atoms in total. The Morgan fingerprint density at radius 2 is 2.03 bits per heavy atom. The SMILES string of the molecule is COCCCOc1cc2c(cc1CO)-c1cc(=O)c(C(C)=O)cn1N1[C@@H]2CCC1(C)C. The molecule has 0 amide bonds. The molecule has 3 heterocycles. The van der Waals surface area contributed by atoms with Crippen molar-refractivity contribution in [3.8, 4) is 17.0 Å². The number of hydrogen-bond acceptors (Lipinski definition) is 6. The third-order valence-electron chi connectivity index (χ3n) is 6.38. The van der Waals surface area contributed by atoms with Crippen LogP contribution in [0.3, 0.4) is 0 Å². The maximum atomic E-state index is 12.7. The first-order chi connectivity index (χ1) is 14.8. The zero-order valence-electron chi connectivity index (χ0n) is 18.6. The number of nitrogens with zero attached hydrogens (tertiary/aromatic N) is 2. The maximum absolute atomic E-state index is 12.7. The molecule has 7 heteroatoms. The molecule has 2 aromatic rings. The lowest BCUT2D eigenvalue weighted by atomic mass is 9.92. The van der Waals surface area contributed by atoms with Crippen molar-refractivity contribution in [3.63, 3.8) is 0 Å². The fourth-order valence-electron chi connectivity index (χ4n) is 4.83. The zero-order valence-corrected chi connectivity index (χ0v) is 18.6. The van der Waals surface area contributed by atoms with Gasteiger partial charge in [0.25, 0.3) is 0 Å². The van der Waals surface area contributed by atoms with Crippen molar-refractivity contribution in [1.82, 2.24) is 4.68 Å². The van der Waals surface area contributed by atoms with Crippen LogP contribution in [0.15, 0.2) is 29.2 Å². The Kier molecular flexibility index (Phi) is 5.66. The van der Waals surface area contributed by atoms with Crippen LogP contribution < -0.4 is 15.2 Å². The van der Waals surface area contributed by atoms with Gasteiger partial charge in [0.05, 0.1) is 36.1 Å². The molecule has 0 radical (unpaired) electrons. The molecule has 0 spiro atoms. The van der Waals surface area contributed by atoms with Crippen molar-refractivity contribution in [2.75, 3.05) is 25.3 Å². The van der Waals surface area contributed by atoms with Gasteiger partial charge in [0.15, 0.2) is 11.2 Å². The van der Waals surface area contributed by atoms with Crippen LogP contribution in [0.1, 0.15) is 67.6 Å². The summed E-state index contributed by atoms with van der Waals surface area (Å²) < 4.78 is 13.0. The molecular formula is C24H30N2O5. The van der Waals surface area contributed by atoms with Crippen LogP contribution in [-0.4, -0.2) is 41.4 Å². The number of ether oxygens (including phenoxy) is 2.